The third-order valence-corrected chi connectivity index (χ3v) is 5.98. The molecule has 2 rings (SSSR count). The standard InChI is InChI=1S/C18H19IN4O4S/c1-18(2,22-16(24)12-7-4-3-5-8-12)17(19)27-15-10-6-9-14(13(15)11-20)23-28(21,25)26/h3-10,17,23H,1-2H3,(H,22,24)(H2,21,25,26). The Hall–Kier alpha value is -2.36. The number of nitriles is 1. The van der Waals surface area contributed by atoms with Crippen molar-refractivity contribution in [3.05, 3.63) is 59.7 Å². The summed E-state index contributed by atoms with van der Waals surface area (Å²) in [5.41, 5.74) is -0.291. The summed E-state index contributed by atoms with van der Waals surface area (Å²) in [6, 6.07) is 15.1. The Labute approximate surface area is 177 Å². The van der Waals surface area contributed by atoms with Crippen LogP contribution in [0.25, 0.3) is 0 Å². The number of anilines is 1. The number of carbonyl (C=O) groups is 1. The highest BCUT2D eigenvalue weighted by Crippen LogP contribution is 2.30. The van der Waals surface area contributed by atoms with E-state index in [4.69, 9.17) is 9.88 Å². The fraction of sp³-hybridized carbons (Fsp3) is 0.222. The zero-order valence-corrected chi connectivity index (χ0v) is 18.1. The number of carbonyl (C=O) groups excluding carboxylic acids is 1. The summed E-state index contributed by atoms with van der Waals surface area (Å²) in [5.74, 6) is -0.0985. The molecule has 0 aromatic heterocycles. The lowest BCUT2D eigenvalue weighted by molar-refractivity contribution is 0.0870. The van der Waals surface area contributed by atoms with Crippen molar-refractivity contribution < 1.29 is 17.9 Å². The van der Waals surface area contributed by atoms with Crippen molar-refractivity contribution in [1.29, 1.82) is 5.26 Å². The Kier molecular flexibility index (Phi) is 6.87. The molecule has 28 heavy (non-hydrogen) atoms. The van der Waals surface area contributed by atoms with Crippen LogP contribution in [0.15, 0.2) is 48.5 Å². The molecule has 1 unspecified atom stereocenters. The van der Waals surface area contributed by atoms with Gasteiger partial charge in [-0.05, 0) is 60.7 Å². The van der Waals surface area contributed by atoms with Crippen LogP contribution in [-0.4, -0.2) is 24.0 Å². The summed E-state index contributed by atoms with van der Waals surface area (Å²) in [7, 11) is -4.05. The quantitative estimate of drug-likeness (QED) is 0.386. The second kappa shape index (κ2) is 8.76. The van der Waals surface area contributed by atoms with Crippen LogP contribution in [0.1, 0.15) is 29.8 Å². The molecular formula is C18H19IN4O4S. The minimum absolute atomic E-state index is 0.0108. The zero-order valence-electron chi connectivity index (χ0n) is 15.1. The van der Waals surface area contributed by atoms with Crippen molar-refractivity contribution in [2.24, 2.45) is 5.14 Å². The second-order valence-corrected chi connectivity index (χ2v) is 8.84. The number of benzene rings is 2. The summed E-state index contributed by atoms with van der Waals surface area (Å²) in [6.45, 7) is 3.56. The molecule has 0 heterocycles. The van der Waals surface area contributed by atoms with Crippen molar-refractivity contribution in [3.8, 4) is 11.8 Å². The number of nitrogens with one attached hydrogen (secondary N) is 2. The summed E-state index contributed by atoms with van der Waals surface area (Å²) in [5, 5.41) is 17.3. The molecule has 8 nitrogen and oxygen atoms in total. The molecule has 0 aliphatic carbocycles. The van der Waals surface area contributed by atoms with Crippen molar-refractivity contribution >= 4 is 44.4 Å². The monoisotopic (exact) mass is 514 g/mol. The van der Waals surface area contributed by atoms with Crippen LogP contribution in [0.4, 0.5) is 5.69 Å². The normalized spacial score (nSPS) is 12.5. The second-order valence-electron chi connectivity index (χ2n) is 6.41. The van der Waals surface area contributed by atoms with E-state index in [2.05, 4.69) is 10.0 Å². The maximum absolute atomic E-state index is 12.4. The first kappa shape index (κ1) is 21.9. The van der Waals surface area contributed by atoms with Gasteiger partial charge in [0.15, 0.2) is 4.11 Å². The highest BCUT2D eigenvalue weighted by molar-refractivity contribution is 14.1. The lowest BCUT2D eigenvalue weighted by Crippen LogP contribution is -2.51. The molecule has 0 saturated heterocycles. The third kappa shape index (κ3) is 5.82. The molecule has 2 aromatic rings. The van der Waals surface area contributed by atoms with Crippen LogP contribution < -0.4 is 19.9 Å². The van der Waals surface area contributed by atoms with Crippen LogP contribution in [0, 0.1) is 11.3 Å². The van der Waals surface area contributed by atoms with E-state index in [0.717, 1.165) is 0 Å². The van der Waals surface area contributed by atoms with Crippen molar-refractivity contribution in [2.45, 2.75) is 23.5 Å². The topological polar surface area (TPSA) is 134 Å². The van der Waals surface area contributed by atoms with Crippen LogP contribution in [-0.2, 0) is 10.2 Å². The van der Waals surface area contributed by atoms with Crippen LogP contribution in [0.5, 0.6) is 5.75 Å². The van der Waals surface area contributed by atoms with Crippen molar-refractivity contribution in [2.75, 3.05) is 4.72 Å². The number of hydrogen-bond acceptors (Lipinski definition) is 5. The molecule has 0 bridgehead atoms. The number of nitrogens with zero attached hydrogens (tertiary/aromatic N) is 1. The SMILES string of the molecule is CC(C)(NC(=O)c1ccccc1)C(I)Oc1cccc(NS(N)(=O)=O)c1C#N. The fourth-order valence-corrected chi connectivity index (χ4v) is 3.16. The number of alkyl halides is 1. The third-order valence-electron chi connectivity index (χ3n) is 3.66. The van der Waals surface area contributed by atoms with Crippen molar-refractivity contribution in [3.63, 3.8) is 0 Å². The Morgan fingerprint density at radius 1 is 1.21 bits per heavy atom. The molecule has 148 valence electrons. The Morgan fingerprint density at radius 3 is 2.43 bits per heavy atom. The number of ether oxygens (including phenoxy) is 1. The molecule has 4 N–H and O–H groups in total. The smallest absolute Gasteiger partial charge is 0.296 e. The van der Waals surface area contributed by atoms with Gasteiger partial charge in [0, 0.05) is 5.56 Å². The Bertz CT molecular complexity index is 1000. The van der Waals surface area contributed by atoms with Gasteiger partial charge in [-0.1, -0.05) is 24.3 Å². The van der Waals surface area contributed by atoms with Gasteiger partial charge in [-0.25, -0.2) is 5.14 Å². The first-order valence-corrected chi connectivity index (χ1v) is 10.8. The zero-order chi connectivity index (χ0) is 20.9. The van der Waals surface area contributed by atoms with Gasteiger partial charge in [0.2, 0.25) is 0 Å². The van der Waals surface area contributed by atoms with Gasteiger partial charge in [-0.2, -0.15) is 13.7 Å². The highest BCUT2D eigenvalue weighted by Gasteiger charge is 2.32. The van der Waals surface area contributed by atoms with Gasteiger partial charge < -0.3 is 10.1 Å². The van der Waals surface area contributed by atoms with Gasteiger partial charge in [-0.15, -0.1) is 0 Å². The van der Waals surface area contributed by atoms with E-state index in [1.807, 2.05) is 34.7 Å². The number of nitrogens with two attached hydrogens (primary N) is 1. The minimum Gasteiger partial charge on any atom is -0.476 e. The molecule has 0 saturated carbocycles. The molecule has 0 spiro atoms. The largest absolute Gasteiger partial charge is 0.476 e. The van der Waals surface area contributed by atoms with Crippen LogP contribution >= 0.6 is 22.6 Å². The first-order valence-electron chi connectivity index (χ1n) is 8.05. The van der Waals surface area contributed by atoms with Gasteiger partial charge in [-0.3, -0.25) is 9.52 Å². The molecule has 1 amide bonds. The first-order chi connectivity index (χ1) is 13.0. The molecular weight excluding hydrogens is 495 g/mol. The molecule has 0 aliphatic heterocycles. The van der Waals surface area contributed by atoms with Gasteiger partial charge >= 0.3 is 0 Å². The lowest BCUT2D eigenvalue weighted by Gasteiger charge is -2.32. The molecule has 0 aliphatic rings. The fourth-order valence-electron chi connectivity index (χ4n) is 2.25. The maximum atomic E-state index is 12.4. The van der Waals surface area contributed by atoms with E-state index in [1.165, 1.54) is 18.2 Å². The summed E-state index contributed by atoms with van der Waals surface area (Å²) >= 11 is 2.00. The van der Waals surface area contributed by atoms with E-state index in [9.17, 15) is 18.5 Å². The Morgan fingerprint density at radius 2 is 1.86 bits per heavy atom. The maximum Gasteiger partial charge on any atom is 0.296 e. The van der Waals surface area contributed by atoms with E-state index >= 15 is 0 Å². The van der Waals surface area contributed by atoms with Gasteiger partial charge in [0.25, 0.3) is 16.1 Å². The summed E-state index contributed by atoms with van der Waals surface area (Å²) in [4.78, 5) is 12.4. The predicted octanol–water partition coefficient (Wildman–Crippen LogP) is 2.52. The molecule has 0 radical (unpaired) electrons. The molecule has 10 heteroatoms. The average Bonchev–Trinajstić information content (AvgIpc) is 2.61. The number of amides is 1. The lowest BCUT2D eigenvalue weighted by atomic mass is 10.1. The van der Waals surface area contributed by atoms with E-state index in [-0.39, 0.29) is 22.9 Å². The molecule has 1 atom stereocenters. The summed E-state index contributed by atoms with van der Waals surface area (Å²) in [6.07, 6.45) is 0. The minimum atomic E-state index is -4.05. The van der Waals surface area contributed by atoms with E-state index < -0.39 is 19.9 Å². The molecule has 0 fully saturated rings. The van der Waals surface area contributed by atoms with E-state index in [1.54, 1.807) is 38.1 Å². The Balaban J connectivity index is 2.21. The number of halogens is 1. The van der Waals surface area contributed by atoms with Crippen molar-refractivity contribution in [1.82, 2.24) is 5.32 Å². The van der Waals surface area contributed by atoms with Gasteiger partial charge in [0.05, 0.1) is 11.2 Å². The van der Waals surface area contributed by atoms with Gasteiger partial charge in [0.1, 0.15) is 17.4 Å². The molecule has 2 aromatic carbocycles. The highest BCUT2D eigenvalue weighted by atomic mass is 127. The predicted molar refractivity (Wildman–Crippen MR) is 114 cm³/mol. The van der Waals surface area contributed by atoms with Crippen LogP contribution in [0.3, 0.4) is 0 Å². The average molecular weight is 514 g/mol. The van der Waals surface area contributed by atoms with Crippen LogP contribution in [0.2, 0.25) is 0 Å². The summed E-state index contributed by atoms with van der Waals surface area (Å²) < 4.78 is 29.9. The number of hydrogen-bond donors (Lipinski definition) is 3. The number of rotatable bonds is 7. The van der Waals surface area contributed by atoms with E-state index in [0.29, 0.717) is 5.56 Å².